The lowest BCUT2D eigenvalue weighted by Gasteiger charge is -2.44. The summed E-state index contributed by atoms with van der Waals surface area (Å²) in [6.45, 7) is 3.48. The molecular weight excluding hydrogens is 260 g/mol. The molecule has 0 heterocycles. The van der Waals surface area contributed by atoms with Gasteiger partial charge in [-0.05, 0) is 56.2 Å². The first kappa shape index (κ1) is 15.0. The number of likely N-dealkylation sites (N-methyl/N-ethyl adjacent to an activating group) is 1. The molecule has 1 unspecified atom stereocenters. The van der Waals surface area contributed by atoms with E-state index in [2.05, 4.69) is 36.2 Å². The predicted octanol–water partition coefficient (Wildman–Crippen LogP) is 2.23. The van der Waals surface area contributed by atoms with Gasteiger partial charge in [-0.1, -0.05) is 24.3 Å². The fourth-order valence-electron chi connectivity index (χ4n) is 3.41. The van der Waals surface area contributed by atoms with E-state index < -0.39 is 0 Å². The van der Waals surface area contributed by atoms with Crippen LogP contribution in [0.5, 0.6) is 0 Å². The van der Waals surface area contributed by atoms with Crippen LogP contribution in [0.3, 0.4) is 0 Å². The Morgan fingerprint density at radius 2 is 2.05 bits per heavy atom. The molecule has 2 aliphatic rings. The summed E-state index contributed by atoms with van der Waals surface area (Å²) in [6.07, 6.45) is 6.08. The summed E-state index contributed by atoms with van der Waals surface area (Å²) in [4.78, 5) is 2.44. The van der Waals surface area contributed by atoms with E-state index in [0.29, 0.717) is 0 Å². The molecule has 2 aliphatic carbocycles. The molecule has 1 atom stereocenters. The molecule has 0 aliphatic heterocycles. The summed E-state index contributed by atoms with van der Waals surface area (Å²) in [7, 11) is 2.21. The Morgan fingerprint density at radius 3 is 2.76 bits per heavy atom. The Kier molecular flexibility index (Phi) is 4.63. The minimum atomic E-state index is 0.108. The third-order valence-electron chi connectivity index (χ3n) is 5.31. The van der Waals surface area contributed by atoms with E-state index in [9.17, 15) is 0 Å². The zero-order valence-corrected chi connectivity index (χ0v) is 13.2. The van der Waals surface area contributed by atoms with Crippen LogP contribution >= 0.6 is 0 Å². The van der Waals surface area contributed by atoms with Crippen LogP contribution in [0.15, 0.2) is 24.3 Å². The molecule has 1 aromatic carbocycles. The van der Waals surface area contributed by atoms with Crippen molar-refractivity contribution < 1.29 is 4.74 Å². The lowest BCUT2D eigenvalue weighted by Crippen LogP contribution is -2.56. The smallest absolute Gasteiger partial charge is 0.0593 e. The fourth-order valence-corrected chi connectivity index (χ4v) is 3.41. The van der Waals surface area contributed by atoms with Gasteiger partial charge in [-0.15, -0.1) is 0 Å². The number of nitrogens with two attached hydrogens (primary N) is 1. The number of rotatable bonds is 7. The molecule has 0 saturated heterocycles. The number of fused-ring (bicyclic) bond motifs is 1. The SMILES string of the molecule is CN(CCOCC1CC1)C1(CN)CCc2ccccc2C1. The van der Waals surface area contributed by atoms with Crippen molar-refractivity contribution in [3.8, 4) is 0 Å². The average Bonchev–Trinajstić information content (AvgIpc) is 3.35. The minimum Gasteiger partial charge on any atom is -0.380 e. The van der Waals surface area contributed by atoms with Gasteiger partial charge in [0.05, 0.1) is 6.61 Å². The van der Waals surface area contributed by atoms with Crippen molar-refractivity contribution in [3.05, 3.63) is 35.4 Å². The molecule has 116 valence electrons. The van der Waals surface area contributed by atoms with Gasteiger partial charge in [-0.2, -0.15) is 0 Å². The van der Waals surface area contributed by atoms with E-state index in [4.69, 9.17) is 10.5 Å². The monoisotopic (exact) mass is 288 g/mol. The van der Waals surface area contributed by atoms with Gasteiger partial charge in [-0.3, -0.25) is 4.90 Å². The van der Waals surface area contributed by atoms with E-state index >= 15 is 0 Å². The summed E-state index contributed by atoms with van der Waals surface area (Å²) >= 11 is 0. The molecule has 1 aromatic rings. The van der Waals surface area contributed by atoms with Crippen LogP contribution in [0, 0.1) is 5.92 Å². The molecule has 3 heteroatoms. The third-order valence-corrected chi connectivity index (χ3v) is 5.31. The maximum absolute atomic E-state index is 6.18. The maximum atomic E-state index is 6.18. The van der Waals surface area contributed by atoms with E-state index in [1.807, 2.05) is 0 Å². The number of nitrogens with zero attached hydrogens (tertiary/aromatic N) is 1. The second-order valence-electron chi connectivity index (χ2n) is 6.81. The second-order valence-corrected chi connectivity index (χ2v) is 6.81. The van der Waals surface area contributed by atoms with Crippen LogP contribution in [0.1, 0.15) is 30.4 Å². The zero-order valence-electron chi connectivity index (χ0n) is 13.2. The molecule has 0 bridgehead atoms. The predicted molar refractivity (Wildman–Crippen MR) is 86.4 cm³/mol. The molecular formula is C18H28N2O. The first-order valence-corrected chi connectivity index (χ1v) is 8.29. The van der Waals surface area contributed by atoms with E-state index in [1.165, 1.54) is 24.0 Å². The number of ether oxygens (including phenoxy) is 1. The molecule has 2 N–H and O–H groups in total. The Morgan fingerprint density at radius 1 is 1.29 bits per heavy atom. The summed E-state index contributed by atoms with van der Waals surface area (Å²) in [5, 5.41) is 0. The summed E-state index contributed by atoms with van der Waals surface area (Å²) in [6, 6.07) is 8.80. The molecule has 0 amide bonds. The average molecular weight is 288 g/mol. The fraction of sp³-hybridized carbons (Fsp3) is 0.667. The molecule has 0 radical (unpaired) electrons. The topological polar surface area (TPSA) is 38.5 Å². The van der Waals surface area contributed by atoms with Gasteiger partial charge < -0.3 is 10.5 Å². The van der Waals surface area contributed by atoms with Crippen LogP contribution < -0.4 is 5.73 Å². The van der Waals surface area contributed by atoms with Gasteiger partial charge in [0.2, 0.25) is 0 Å². The van der Waals surface area contributed by atoms with Gasteiger partial charge in [0.1, 0.15) is 0 Å². The van der Waals surface area contributed by atoms with Gasteiger partial charge in [0.15, 0.2) is 0 Å². The first-order chi connectivity index (χ1) is 10.2. The second kappa shape index (κ2) is 6.47. The number of hydrogen-bond donors (Lipinski definition) is 1. The Bertz CT molecular complexity index is 472. The number of hydrogen-bond acceptors (Lipinski definition) is 3. The highest BCUT2D eigenvalue weighted by Gasteiger charge is 2.36. The Hall–Kier alpha value is -0.900. The van der Waals surface area contributed by atoms with Gasteiger partial charge >= 0.3 is 0 Å². The van der Waals surface area contributed by atoms with Crippen LogP contribution in [0.25, 0.3) is 0 Å². The first-order valence-electron chi connectivity index (χ1n) is 8.29. The van der Waals surface area contributed by atoms with Crippen LogP contribution in [-0.4, -0.2) is 43.8 Å². The largest absolute Gasteiger partial charge is 0.380 e. The summed E-state index contributed by atoms with van der Waals surface area (Å²) < 4.78 is 5.80. The van der Waals surface area contributed by atoms with Crippen molar-refractivity contribution in [2.24, 2.45) is 11.7 Å². The van der Waals surface area contributed by atoms with Crippen molar-refractivity contribution in [1.82, 2.24) is 4.90 Å². The molecule has 1 saturated carbocycles. The van der Waals surface area contributed by atoms with Crippen molar-refractivity contribution in [1.29, 1.82) is 0 Å². The number of aryl methyl sites for hydroxylation is 1. The van der Waals surface area contributed by atoms with Crippen molar-refractivity contribution in [2.45, 2.75) is 37.6 Å². The lowest BCUT2D eigenvalue weighted by atomic mass is 9.77. The maximum Gasteiger partial charge on any atom is 0.0593 e. The van der Waals surface area contributed by atoms with Crippen LogP contribution in [0.4, 0.5) is 0 Å². The highest BCUT2D eigenvalue weighted by molar-refractivity contribution is 5.32. The summed E-state index contributed by atoms with van der Waals surface area (Å²) in [5.74, 6) is 0.848. The zero-order chi connectivity index (χ0) is 14.7. The number of benzene rings is 1. The standard InChI is InChI=1S/C18H28N2O/c1-20(10-11-21-13-15-6-7-15)18(14-19)9-8-16-4-2-3-5-17(16)12-18/h2-5,15H,6-14,19H2,1H3. The van der Waals surface area contributed by atoms with E-state index in [0.717, 1.165) is 51.5 Å². The van der Waals surface area contributed by atoms with Crippen LogP contribution in [0.2, 0.25) is 0 Å². The lowest BCUT2D eigenvalue weighted by molar-refractivity contribution is 0.0518. The normalized spacial score (nSPS) is 25.1. The molecule has 0 spiro atoms. The van der Waals surface area contributed by atoms with Crippen molar-refractivity contribution in [3.63, 3.8) is 0 Å². The molecule has 3 rings (SSSR count). The highest BCUT2D eigenvalue weighted by atomic mass is 16.5. The molecule has 3 nitrogen and oxygen atoms in total. The van der Waals surface area contributed by atoms with E-state index in [1.54, 1.807) is 0 Å². The van der Waals surface area contributed by atoms with Gasteiger partial charge in [-0.25, -0.2) is 0 Å². The highest BCUT2D eigenvalue weighted by Crippen LogP contribution is 2.32. The van der Waals surface area contributed by atoms with Gasteiger partial charge in [0, 0.05) is 25.2 Å². The minimum absolute atomic E-state index is 0.108. The quantitative estimate of drug-likeness (QED) is 0.782. The van der Waals surface area contributed by atoms with Crippen molar-refractivity contribution >= 4 is 0 Å². The third kappa shape index (κ3) is 3.47. The van der Waals surface area contributed by atoms with E-state index in [-0.39, 0.29) is 5.54 Å². The van der Waals surface area contributed by atoms with Crippen molar-refractivity contribution in [2.75, 3.05) is 33.4 Å². The molecule has 0 aromatic heterocycles. The molecule has 1 fully saturated rings. The van der Waals surface area contributed by atoms with Gasteiger partial charge in [0.25, 0.3) is 0 Å². The molecule has 21 heavy (non-hydrogen) atoms. The summed E-state index contributed by atoms with van der Waals surface area (Å²) in [5.41, 5.74) is 9.26. The Labute approximate surface area is 128 Å². The Balaban J connectivity index is 1.57. The van der Waals surface area contributed by atoms with Crippen LogP contribution in [-0.2, 0) is 17.6 Å².